The van der Waals surface area contributed by atoms with E-state index in [4.69, 9.17) is 14.2 Å². The minimum absolute atomic E-state index is 0.157. The second-order valence-corrected chi connectivity index (χ2v) is 8.40. The summed E-state index contributed by atoms with van der Waals surface area (Å²) in [6.07, 6.45) is 0.213. The monoisotopic (exact) mass is 466 g/mol. The molecule has 0 fully saturated rings. The van der Waals surface area contributed by atoms with E-state index in [0.717, 1.165) is 24.1 Å². The van der Waals surface area contributed by atoms with E-state index in [1.165, 1.54) is 0 Å². The summed E-state index contributed by atoms with van der Waals surface area (Å²) >= 11 is 0. The van der Waals surface area contributed by atoms with Gasteiger partial charge in [-0.1, -0.05) is 0 Å². The van der Waals surface area contributed by atoms with E-state index in [-0.39, 0.29) is 25.3 Å². The molecule has 3 heterocycles. The van der Waals surface area contributed by atoms with Crippen molar-refractivity contribution >= 4 is 5.91 Å². The molecule has 1 aromatic heterocycles. The fourth-order valence-electron chi connectivity index (χ4n) is 4.40. The molecule has 34 heavy (non-hydrogen) atoms. The average molecular weight is 466 g/mol. The molecule has 0 saturated heterocycles. The third-order valence-electron chi connectivity index (χ3n) is 6.07. The van der Waals surface area contributed by atoms with E-state index in [2.05, 4.69) is 25.7 Å². The first kappa shape index (κ1) is 22.1. The molecule has 178 valence electrons. The van der Waals surface area contributed by atoms with Crippen LogP contribution in [0, 0.1) is 0 Å². The summed E-state index contributed by atoms with van der Waals surface area (Å²) in [6, 6.07) is 8.71. The van der Waals surface area contributed by atoms with Crippen molar-refractivity contribution in [3.8, 4) is 22.9 Å². The highest BCUT2D eigenvalue weighted by Crippen LogP contribution is 2.50. The number of aliphatic hydroxyl groups is 1. The molecular weight excluding hydrogens is 440 g/mol. The first-order valence-corrected chi connectivity index (χ1v) is 11.0. The van der Waals surface area contributed by atoms with Crippen LogP contribution in [0.3, 0.4) is 0 Å². The molecule has 0 saturated carbocycles. The van der Waals surface area contributed by atoms with Crippen molar-refractivity contribution in [3.05, 3.63) is 52.8 Å². The molecule has 0 bridgehead atoms. The number of aliphatic hydroxyl groups excluding tert-OH is 1. The number of hydrogen-bond donors (Lipinski definition) is 2. The number of carbonyl (C=O) groups is 1. The maximum Gasteiger partial charge on any atom is 0.251 e. The lowest BCUT2D eigenvalue weighted by molar-refractivity contribution is 0.0924. The van der Waals surface area contributed by atoms with Gasteiger partial charge in [0.25, 0.3) is 5.91 Å². The van der Waals surface area contributed by atoms with Gasteiger partial charge in [-0.05, 0) is 66.7 Å². The Morgan fingerprint density at radius 2 is 2.12 bits per heavy atom. The quantitative estimate of drug-likeness (QED) is 0.549. The Balaban J connectivity index is 1.51. The van der Waals surface area contributed by atoms with E-state index in [0.29, 0.717) is 34.3 Å². The highest BCUT2D eigenvalue weighted by Gasteiger charge is 2.37. The molecule has 2 N–H and O–H groups in total. The van der Waals surface area contributed by atoms with Gasteiger partial charge in [0.2, 0.25) is 12.5 Å². The molecule has 2 aliphatic rings. The number of rotatable bonds is 6. The number of ether oxygens (including phenoxy) is 3. The highest BCUT2D eigenvalue weighted by atomic mass is 16.7. The summed E-state index contributed by atoms with van der Waals surface area (Å²) in [7, 11) is 3.64. The van der Waals surface area contributed by atoms with Crippen molar-refractivity contribution in [2.75, 3.05) is 34.0 Å². The number of amides is 1. The Labute approximate surface area is 196 Å². The number of nitrogens with one attached hydrogen (secondary N) is 1. The first-order valence-electron chi connectivity index (χ1n) is 11.0. The zero-order valence-corrected chi connectivity index (χ0v) is 19.2. The lowest BCUT2D eigenvalue weighted by atomic mass is 9.90. The lowest BCUT2D eigenvalue weighted by Crippen LogP contribution is -2.35. The van der Waals surface area contributed by atoms with Gasteiger partial charge in [-0.15, -0.1) is 5.10 Å². The molecule has 2 atom stereocenters. The van der Waals surface area contributed by atoms with Crippen LogP contribution < -0.4 is 19.5 Å². The fraction of sp³-hybridized carbons (Fsp3) is 0.391. The van der Waals surface area contributed by atoms with Crippen molar-refractivity contribution in [3.63, 3.8) is 0 Å². The molecular formula is C23H26N6O5. The standard InChI is InChI=1S/C23H26N6O5/c1-13(30)11-24-23(31)14-4-6-16(7-5-14)29-22(25-26-27-29)19-18-15(8-9-28(19)2)10-17-20(21(18)32-3)34-12-33-17/h4-7,10,13,19,30H,8-9,11-12H2,1-3H3,(H,24,31)/t13-,19+/m1/s1. The summed E-state index contributed by atoms with van der Waals surface area (Å²) in [5, 5.41) is 24.6. The van der Waals surface area contributed by atoms with Crippen LogP contribution in [0.5, 0.6) is 17.2 Å². The predicted octanol–water partition coefficient (Wildman–Crippen LogP) is 1.09. The first-order chi connectivity index (χ1) is 16.5. The molecule has 2 aliphatic heterocycles. The highest BCUT2D eigenvalue weighted by molar-refractivity contribution is 5.94. The molecule has 0 spiro atoms. The van der Waals surface area contributed by atoms with Crippen molar-refractivity contribution in [2.24, 2.45) is 0 Å². The predicted molar refractivity (Wildman–Crippen MR) is 120 cm³/mol. The maximum absolute atomic E-state index is 12.3. The van der Waals surface area contributed by atoms with Gasteiger partial charge >= 0.3 is 0 Å². The number of benzene rings is 2. The van der Waals surface area contributed by atoms with Crippen molar-refractivity contribution in [1.82, 2.24) is 30.4 Å². The number of methoxy groups -OCH3 is 1. The Hall–Kier alpha value is -3.70. The van der Waals surface area contributed by atoms with Crippen LogP contribution in [0.15, 0.2) is 30.3 Å². The van der Waals surface area contributed by atoms with Crippen molar-refractivity contribution in [2.45, 2.75) is 25.5 Å². The van der Waals surface area contributed by atoms with Crippen molar-refractivity contribution < 1.29 is 24.1 Å². The minimum Gasteiger partial charge on any atom is -0.492 e. The molecule has 0 radical (unpaired) electrons. The fourth-order valence-corrected chi connectivity index (χ4v) is 4.40. The number of hydrogen-bond acceptors (Lipinski definition) is 9. The number of fused-ring (bicyclic) bond motifs is 2. The van der Waals surface area contributed by atoms with Gasteiger partial charge < -0.3 is 24.6 Å². The molecule has 1 amide bonds. The normalized spacial score (nSPS) is 17.8. The van der Waals surface area contributed by atoms with Crippen LogP contribution in [0.2, 0.25) is 0 Å². The number of tetrazole rings is 1. The lowest BCUT2D eigenvalue weighted by Gasteiger charge is -2.34. The van der Waals surface area contributed by atoms with Crippen LogP contribution in [0.25, 0.3) is 5.69 Å². The van der Waals surface area contributed by atoms with Gasteiger partial charge in [-0.3, -0.25) is 9.69 Å². The summed E-state index contributed by atoms with van der Waals surface area (Å²) < 4.78 is 18.8. The molecule has 2 aromatic carbocycles. The van der Waals surface area contributed by atoms with E-state index in [1.54, 1.807) is 43.0 Å². The summed E-state index contributed by atoms with van der Waals surface area (Å²) in [6.45, 7) is 2.76. The third-order valence-corrected chi connectivity index (χ3v) is 6.07. The van der Waals surface area contributed by atoms with E-state index >= 15 is 0 Å². The number of likely N-dealkylation sites (N-methyl/N-ethyl adjacent to an activating group) is 1. The van der Waals surface area contributed by atoms with Gasteiger partial charge in [0, 0.05) is 24.2 Å². The SMILES string of the molecule is COc1c2c(cc3c1[C@@H](c1nnnn1-c1ccc(C(=O)NC[C@@H](C)O)cc1)N(C)CC3)OCO2. The van der Waals surface area contributed by atoms with Crippen molar-refractivity contribution in [1.29, 1.82) is 0 Å². The Bertz CT molecular complexity index is 1210. The molecule has 5 rings (SSSR count). The maximum atomic E-state index is 12.3. The van der Waals surface area contributed by atoms with Gasteiger partial charge in [0.15, 0.2) is 17.3 Å². The smallest absolute Gasteiger partial charge is 0.251 e. The average Bonchev–Trinajstić information content (AvgIpc) is 3.51. The van der Waals surface area contributed by atoms with Gasteiger partial charge in [0.1, 0.15) is 6.04 Å². The number of carbonyl (C=O) groups excluding carboxylic acids is 1. The zero-order valence-electron chi connectivity index (χ0n) is 19.2. The Kier molecular flexibility index (Phi) is 5.80. The van der Waals surface area contributed by atoms with E-state index in [9.17, 15) is 9.90 Å². The minimum atomic E-state index is -0.613. The molecule has 3 aromatic rings. The summed E-state index contributed by atoms with van der Waals surface area (Å²) in [5.41, 5.74) is 3.25. The topological polar surface area (TPSA) is 124 Å². The number of nitrogens with zero attached hydrogens (tertiary/aromatic N) is 5. The second kappa shape index (κ2) is 8.92. The van der Waals surface area contributed by atoms with Gasteiger partial charge in [-0.25, -0.2) is 0 Å². The second-order valence-electron chi connectivity index (χ2n) is 8.40. The van der Waals surface area contributed by atoms with Gasteiger partial charge in [-0.2, -0.15) is 4.68 Å². The Morgan fingerprint density at radius 3 is 2.85 bits per heavy atom. The van der Waals surface area contributed by atoms with Crippen LogP contribution >= 0.6 is 0 Å². The molecule has 11 heteroatoms. The molecule has 11 nitrogen and oxygen atoms in total. The molecule has 0 aliphatic carbocycles. The summed E-state index contributed by atoms with van der Waals surface area (Å²) in [4.78, 5) is 14.5. The van der Waals surface area contributed by atoms with Crippen LogP contribution in [0.1, 0.15) is 40.3 Å². The van der Waals surface area contributed by atoms with Crippen LogP contribution in [0.4, 0.5) is 0 Å². The zero-order chi connectivity index (χ0) is 23.8. The van der Waals surface area contributed by atoms with Crippen LogP contribution in [-0.2, 0) is 6.42 Å². The van der Waals surface area contributed by atoms with Gasteiger partial charge in [0.05, 0.1) is 18.9 Å². The van der Waals surface area contributed by atoms with E-state index in [1.807, 2.05) is 13.1 Å². The summed E-state index contributed by atoms with van der Waals surface area (Å²) in [5.74, 6) is 2.26. The third kappa shape index (κ3) is 3.82. The Morgan fingerprint density at radius 1 is 1.32 bits per heavy atom. The number of aromatic nitrogens is 4. The molecule has 0 unspecified atom stereocenters. The largest absolute Gasteiger partial charge is 0.492 e. The van der Waals surface area contributed by atoms with E-state index < -0.39 is 6.10 Å². The van der Waals surface area contributed by atoms with Crippen LogP contribution in [-0.4, -0.2) is 76.3 Å².